The fourth-order valence-electron chi connectivity index (χ4n) is 2.49. The highest BCUT2D eigenvalue weighted by Gasteiger charge is 2.17. The van der Waals surface area contributed by atoms with Crippen LogP contribution in [0.5, 0.6) is 0 Å². The van der Waals surface area contributed by atoms with E-state index in [2.05, 4.69) is 20.1 Å². The van der Waals surface area contributed by atoms with Gasteiger partial charge in [0.15, 0.2) is 0 Å². The molecule has 0 aliphatic heterocycles. The van der Waals surface area contributed by atoms with Crippen molar-refractivity contribution in [1.29, 1.82) is 0 Å². The lowest BCUT2D eigenvalue weighted by molar-refractivity contribution is 0.339. The SMILES string of the molecule is NNc1ncc(S(=O)(=O)NCCC2CCCCC2)cn1. The molecule has 7 nitrogen and oxygen atoms in total. The Labute approximate surface area is 119 Å². The molecule has 0 amide bonds. The highest BCUT2D eigenvalue weighted by Crippen LogP contribution is 2.25. The van der Waals surface area contributed by atoms with E-state index in [9.17, 15) is 8.42 Å². The summed E-state index contributed by atoms with van der Waals surface area (Å²) in [6.45, 7) is 0.462. The highest BCUT2D eigenvalue weighted by atomic mass is 32.2. The number of nitrogen functional groups attached to an aromatic ring is 1. The van der Waals surface area contributed by atoms with Gasteiger partial charge in [-0.15, -0.1) is 0 Å². The maximum Gasteiger partial charge on any atom is 0.243 e. The summed E-state index contributed by atoms with van der Waals surface area (Å²) in [4.78, 5) is 7.65. The number of anilines is 1. The van der Waals surface area contributed by atoms with Crippen LogP contribution < -0.4 is 16.0 Å². The van der Waals surface area contributed by atoms with Crippen LogP contribution in [-0.4, -0.2) is 24.9 Å². The standard InChI is InChI=1S/C12H21N5O2S/c13-17-12-14-8-11(9-15-12)20(18,19)16-7-6-10-4-2-1-3-5-10/h8-10,16H,1-7,13H2,(H,14,15,17). The van der Waals surface area contributed by atoms with Crippen LogP contribution in [0.2, 0.25) is 0 Å². The van der Waals surface area contributed by atoms with Crippen LogP contribution >= 0.6 is 0 Å². The first-order valence-corrected chi connectivity index (χ1v) is 8.38. The van der Waals surface area contributed by atoms with Crippen LogP contribution in [0.15, 0.2) is 17.3 Å². The lowest BCUT2D eigenvalue weighted by Crippen LogP contribution is -2.27. The molecule has 1 saturated carbocycles. The van der Waals surface area contributed by atoms with Crippen LogP contribution in [0, 0.1) is 5.92 Å². The molecule has 0 spiro atoms. The molecule has 112 valence electrons. The summed E-state index contributed by atoms with van der Waals surface area (Å²) >= 11 is 0. The molecule has 8 heteroatoms. The maximum atomic E-state index is 12.0. The van der Waals surface area contributed by atoms with Crippen molar-refractivity contribution in [2.24, 2.45) is 11.8 Å². The molecule has 0 aromatic carbocycles. The maximum absolute atomic E-state index is 12.0. The van der Waals surface area contributed by atoms with Gasteiger partial charge in [0.1, 0.15) is 4.90 Å². The molecule has 0 radical (unpaired) electrons. The first kappa shape index (κ1) is 15.1. The van der Waals surface area contributed by atoms with Gasteiger partial charge in [-0.25, -0.2) is 29.0 Å². The lowest BCUT2D eigenvalue weighted by Gasteiger charge is -2.21. The number of nitrogens with one attached hydrogen (secondary N) is 2. The number of hydrogen-bond acceptors (Lipinski definition) is 6. The fourth-order valence-corrected chi connectivity index (χ4v) is 3.42. The first-order chi connectivity index (χ1) is 9.62. The Morgan fingerprint density at radius 1 is 1.20 bits per heavy atom. The third kappa shape index (κ3) is 4.12. The third-order valence-corrected chi connectivity index (χ3v) is 5.05. The summed E-state index contributed by atoms with van der Waals surface area (Å²) in [6.07, 6.45) is 9.63. The molecule has 1 aromatic heterocycles. The average Bonchev–Trinajstić information content (AvgIpc) is 2.48. The molecule has 0 unspecified atom stereocenters. The Hall–Kier alpha value is -1.25. The molecule has 0 saturated heterocycles. The minimum atomic E-state index is -3.53. The zero-order valence-electron chi connectivity index (χ0n) is 11.4. The van der Waals surface area contributed by atoms with Crippen molar-refractivity contribution < 1.29 is 8.42 Å². The van der Waals surface area contributed by atoms with E-state index in [1.807, 2.05) is 0 Å². The Bertz CT molecular complexity index is 511. The van der Waals surface area contributed by atoms with E-state index < -0.39 is 10.0 Å². The molecular weight excluding hydrogens is 278 g/mol. The summed E-state index contributed by atoms with van der Waals surface area (Å²) in [5, 5.41) is 0. The van der Waals surface area contributed by atoms with Gasteiger partial charge in [0.25, 0.3) is 0 Å². The number of hydrazine groups is 1. The summed E-state index contributed by atoms with van der Waals surface area (Å²) < 4.78 is 26.7. The van der Waals surface area contributed by atoms with Crippen molar-refractivity contribution >= 4 is 16.0 Å². The predicted octanol–water partition coefficient (Wildman–Crippen LogP) is 1.01. The second kappa shape index (κ2) is 6.96. The summed E-state index contributed by atoms with van der Waals surface area (Å²) in [6, 6.07) is 0. The largest absolute Gasteiger partial charge is 0.292 e. The second-order valence-electron chi connectivity index (χ2n) is 5.08. The fraction of sp³-hybridized carbons (Fsp3) is 0.667. The van der Waals surface area contributed by atoms with Crippen LogP contribution in [0.1, 0.15) is 38.5 Å². The molecule has 0 atom stereocenters. The Morgan fingerprint density at radius 3 is 2.45 bits per heavy atom. The van der Waals surface area contributed by atoms with Crippen molar-refractivity contribution in [2.45, 2.75) is 43.4 Å². The van der Waals surface area contributed by atoms with Crippen molar-refractivity contribution in [2.75, 3.05) is 12.0 Å². The molecule has 2 rings (SSSR count). The highest BCUT2D eigenvalue weighted by molar-refractivity contribution is 7.89. The van der Waals surface area contributed by atoms with E-state index in [-0.39, 0.29) is 10.8 Å². The quantitative estimate of drug-likeness (QED) is 0.534. The lowest BCUT2D eigenvalue weighted by atomic mass is 9.87. The van der Waals surface area contributed by atoms with Gasteiger partial charge >= 0.3 is 0 Å². The van der Waals surface area contributed by atoms with Crippen LogP contribution in [0.4, 0.5) is 5.95 Å². The van der Waals surface area contributed by atoms with E-state index in [1.165, 1.54) is 44.5 Å². The summed E-state index contributed by atoms with van der Waals surface area (Å²) in [5.74, 6) is 5.96. The number of hydrogen-bond donors (Lipinski definition) is 3. The summed E-state index contributed by atoms with van der Waals surface area (Å²) in [7, 11) is -3.53. The van der Waals surface area contributed by atoms with E-state index in [0.717, 1.165) is 6.42 Å². The topological polar surface area (TPSA) is 110 Å². The van der Waals surface area contributed by atoms with Crippen molar-refractivity contribution in [3.05, 3.63) is 12.4 Å². The van der Waals surface area contributed by atoms with Gasteiger partial charge in [-0.1, -0.05) is 32.1 Å². The van der Waals surface area contributed by atoms with Gasteiger partial charge < -0.3 is 0 Å². The smallest absolute Gasteiger partial charge is 0.243 e. The molecular formula is C12H21N5O2S. The number of rotatable bonds is 6. The van der Waals surface area contributed by atoms with E-state index in [4.69, 9.17) is 5.84 Å². The second-order valence-corrected chi connectivity index (χ2v) is 6.84. The van der Waals surface area contributed by atoms with Gasteiger partial charge in [0, 0.05) is 6.54 Å². The zero-order valence-corrected chi connectivity index (χ0v) is 12.2. The molecule has 1 aromatic rings. The van der Waals surface area contributed by atoms with Gasteiger partial charge in [0.2, 0.25) is 16.0 Å². The molecule has 1 heterocycles. The van der Waals surface area contributed by atoms with E-state index >= 15 is 0 Å². The Balaban J connectivity index is 1.86. The molecule has 20 heavy (non-hydrogen) atoms. The number of aromatic nitrogens is 2. The minimum absolute atomic E-state index is 0.0557. The first-order valence-electron chi connectivity index (χ1n) is 6.90. The molecule has 1 aliphatic carbocycles. The van der Waals surface area contributed by atoms with Gasteiger partial charge in [0.05, 0.1) is 12.4 Å². The monoisotopic (exact) mass is 299 g/mol. The molecule has 4 N–H and O–H groups in total. The van der Waals surface area contributed by atoms with E-state index in [1.54, 1.807) is 0 Å². The molecule has 1 aliphatic rings. The number of sulfonamides is 1. The predicted molar refractivity (Wildman–Crippen MR) is 76.2 cm³/mol. The van der Waals surface area contributed by atoms with Crippen LogP contribution in [0.25, 0.3) is 0 Å². The normalized spacial score (nSPS) is 17.1. The van der Waals surface area contributed by atoms with Crippen molar-refractivity contribution in [1.82, 2.24) is 14.7 Å². The van der Waals surface area contributed by atoms with Crippen LogP contribution in [0.3, 0.4) is 0 Å². The number of nitrogens with zero attached hydrogens (tertiary/aromatic N) is 2. The van der Waals surface area contributed by atoms with E-state index in [0.29, 0.717) is 12.5 Å². The average molecular weight is 299 g/mol. The molecule has 1 fully saturated rings. The minimum Gasteiger partial charge on any atom is -0.292 e. The zero-order chi connectivity index (χ0) is 14.4. The van der Waals surface area contributed by atoms with Gasteiger partial charge in [-0.2, -0.15) is 0 Å². The Morgan fingerprint density at radius 2 is 1.85 bits per heavy atom. The third-order valence-electron chi connectivity index (χ3n) is 3.64. The molecule has 0 bridgehead atoms. The summed E-state index contributed by atoms with van der Waals surface area (Å²) in [5.41, 5.74) is 2.25. The van der Waals surface area contributed by atoms with Crippen molar-refractivity contribution in [3.8, 4) is 0 Å². The number of nitrogens with two attached hydrogens (primary N) is 1. The van der Waals surface area contributed by atoms with Crippen molar-refractivity contribution in [3.63, 3.8) is 0 Å². The van der Waals surface area contributed by atoms with Gasteiger partial charge in [-0.3, -0.25) is 5.43 Å². The van der Waals surface area contributed by atoms with Gasteiger partial charge in [-0.05, 0) is 12.3 Å². The van der Waals surface area contributed by atoms with Crippen LogP contribution in [-0.2, 0) is 10.0 Å². The Kier molecular flexibility index (Phi) is 5.27.